The highest BCUT2D eigenvalue weighted by Gasteiger charge is 2.35. The zero-order valence-corrected chi connectivity index (χ0v) is 16.3. The standard InChI is InChI=1S/C22H33NO2/c1-16(7-6-8-17(2)15-21(23)25)9-12-20-18(3)10-11-19(13-14-24)22(20,4)5/h6-9,12,15,19,24H,10-11,13-14H2,1-5H3,(H2,23,25). The van der Waals surface area contributed by atoms with E-state index in [9.17, 15) is 9.90 Å². The van der Waals surface area contributed by atoms with Crippen LogP contribution in [0.25, 0.3) is 0 Å². The first kappa shape index (κ1) is 21.2. The van der Waals surface area contributed by atoms with Crippen LogP contribution in [0.15, 0.2) is 58.7 Å². The molecule has 1 aliphatic carbocycles. The Kier molecular flexibility index (Phi) is 8.11. The molecule has 138 valence electrons. The second-order valence-electron chi connectivity index (χ2n) is 7.56. The molecule has 0 saturated heterocycles. The van der Waals surface area contributed by atoms with Gasteiger partial charge in [0, 0.05) is 12.7 Å². The molecule has 1 atom stereocenters. The number of aliphatic hydroxyl groups is 1. The third-order valence-electron chi connectivity index (χ3n) is 5.12. The molecule has 1 aliphatic rings. The molecule has 25 heavy (non-hydrogen) atoms. The number of hydrogen-bond acceptors (Lipinski definition) is 2. The number of nitrogens with two attached hydrogens (primary N) is 1. The Bertz CT molecular complexity index is 630. The second-order valence-corrected chi connectivity index (χ2v) is 7.56. The van der Waals surface area contributed by atoms with Crippen LogP contribution in [0.2, 0.25) is 0 Å². The van der Waals surface area contributed by atoms with Crippen molar-refractivity contribution in [3.63, 3.8) is 0 Å². The lowest BCUT2D eigenvalue weighted by Gasteiger charge is -2.41. The average Bonchev–Trinajstić information content (AvgIpc) is 2.49. The number of carbonyl (C=O) groups is 1. The minimum absolute atomic E-state index is 0.0818. The van der Waals surface area contributed by atoms with Crippen molar-refractivity contribution in [1.29, 1.82) is 0 Å². The SMILES string of the molecule is CC(C=CC1=C(C)CCC(CCO)C1(C)C)=CC=CC(C)=CC(N)=O. The fraction of sp³-hybridized carbons (Fsp3) is 0.500. The molecular formula is C22H33NO2. The van der Waals surface area contributed by atoms with E-state index in [2.05, 4.69) is 39.8 Å². The monoisotopic (exact) mass is 343 g/mol. The maximum Gasteiger partial charge on any atom is 0.241 e. The summed E-state index contributed by atoms with van der Waals surface area (Å²) >= 11 is 0. The average molecular weight is 344 g/mol. The lowest BCUT2D eigenvalue weighted by Crippen LogP contribution is -2.30. The van der Waals surface area contributed by atoms with Crippen LogP contribution in [0.3, 0.4) is 0 Å². The first-order valence-electron chi connectivity index (χ1n) is 9.00. The van der Waals surface area contributed by atoms with E-state index in [-0.39, 0.29) is 12.0 Å². The van der Waals surface area contributed by atoms with Crippen molar-refractivity contribution < 1.29 is 9.90 Å². The minimum Gasteiger partial charge on any atom is -0.396 e. The molecule has 1 rings (SSSR count). The Morgan fingerprint density at radius 1 is 1.28 bits per heavy atom. The first-order valence-corrected chi connectivity index (χ1v) is 9.00. The van der Waals surface area contributed by atoms with Crippen LogP contribution >= 0.6 is 0 Å². The maximum absolute atomic E-state index is 10.8. The number of rotatable bonds is 7. The summed E-state index contributed by atoms with van der Waals surface area (Å²) in [7, 11) is 0. The van der Waals surface area contributed by atoms with Crippen molar-refractivity contribution in [1.82, 2.24) is 0 Å². The van der Waals surface area contributed by atoms with Gasteiger partial charge < -0.3 is 10.8 Å². The molecule has 3 nitrogen and oxygen atoms in total. The Morgan fingerprint density at radius 3 is 2.56 bits per heavy atom. The van der Waals surface area contributed by atoms with Gasteiger partial charge in [-0.15, -0.1) is 0 Å². The molecule has 0 saturated carbocycles. The minimum atomic E-state index is -0.429. The van der Waals surface area contributed by atoms with Crippen LogP contribution in [0.4, 0.5) is 0 Å². The van der Waals surface area contributed by atoms with E-state index in [0.29, 0.717) is 5.92 Å². The number of amides is 1. The van der Waals surface area contributed by atoms with Crippen molar-refractivity contribution >= 4 is 5.91 Å². The summed E-state index contributed by atoms with van der Waals surface area (Å²) in [6.45, 7) is 10.9. The van der Waals surface area contributed by atoms with E-state index in [1.54, 1.807) is 0 Å². The lowest BCUT2D eigenvalue weighted by molar-refractivity contribution is -0.113. The summed E-state index contributed by atoms with van der Waals surface area (Å²) in [4.78, 5) is 10.8. The van der Waals surface area contributed by atoms with Crippen LogP contribution in [0.1, 0.15) is 53.9 Å². The smallest absolute Gasteiger partial charge is 0.241 e. The highest BCUT2D eigenvalue weighted by Crippen LogP contribution is 2.46. The Hall–Kier alpha value is -1.87. The van der Waals surface area contributed by atoms with E-state index < -0.39 is 5.91 Å². The van der Waals surface area contributed by atoms with Crippen LogP contribution in [0, 0.1) is 11.3 Å². The predicted octanol–water partition coefficient (Wildman–Crippen LogP) is 4.61. The zero-order valence-electron chi connectivity index (χ0n) is 16.3. The van der Waals surface area contributed by atoms with Crippen molar-refractivity contribution in [3.8, 4) is 0 Å². The molecule has 0 heterocycles. The molecule has 0 aromatic heterocycles. The summed E-state index contributed by atoms with van der Waals surface area (Å²) in [6, 6.07) is 0. The normalized spacial score (nSPS) is 22.2. The Labute approximate surface area is 152 Å². The number of aliphatic hydroxyl groups excluding tert-OH is 1. The quantitative estimate of drug-likeness (QED) is 0.523. The molecule has 1 unspecified atom stereocenters. The van der Waals surface area contributed by atoms with E-state index >= 15 is 0 Å². The topological polar surface area (TPSA) is 63.3 Å². The second kappa shape index (κ2) is 9.57. The molecular weight excluding hydrogens is 310 g/mol. The third kappa shape index (κ3) is 6.50. The third-order valence-corrected chi connectivity index (χ3v) is 5.12. The number of primary amides is 1. The maximum atomic E-state index is 10.8. The number of carbonyl (C=O) groups excluding carboxylic acids is 1. The van der Waals surface area contributed by atoms with Crippen molar-refractivity contribution in [2.24, 2.45) is 17.1 Å². The van der Waals surface area contributed by atoms with E-state index in [1.165, 1.54) is 17.2 Å². The Balaban J connectivity index is 2.89. The van der Waals surface area contributed by atoms with Gasteiger partial charge in [-0.1, -0.05) is 55.4 Å². The molecule has 3 heteroatoms. The summed E-state index contributed by atoms with van der Waals surface area (Å²) in [6.07, 6.45) is 14.7. The predicted molar refractivity (Wildman–Crippen MR) is 106 cm³/mol. The Morgan fingerprint density at radius 2 is 1.96 bits per heavy atom. The molecule has 0 spiro atoms. The molecule has 0 radical (unpaired) electrons. The molecule has 0 aromatic rings. The largest absolute Gasteiger partial charge is 0.396 e. The van der Waals surface area contributed by atoms with Gasteiger partial charge in [0.05, 0.1) is 0 Å². The van der Waals surface area contributed by atoms with Gasteiger partial charge >= 0.3 is 0 Å². The van der Waals surface area contributed by atoms with Crippen molar-refractivity contribution in [2.75, 3.05) is 6.61 Å². The summed E-state index contributed by atoms with van der Waals surface area (Å²) in [5.41, 5.74) is 10.0. The molecule has 1 amide bonds. The lowest BCUT2D eigenvalue weighted by atomic mass is 9.64. The molecule has 0 bridgehead atoms. The van der Waals surface area contributed by atoms with Crippen molar-refractivity contribution in [3.05, 3.63) is 58.7 Å². The van der Waals surface area contributed by atoms with Crippen LogP contribution < -0.4 is 5.73 Å². The van der Waals surface area contributed by atoms with Crippen molar-refractivity contribution in [2.45, 2.75) is 53.9 Å². The molecule has 0 aromatic carbocycles. The van der Waals surface area contributed by atoms with Gasteiger partial charge in [-0.3, -0.25) is 4.79 Å². The summed E-state index contributed by atoms with van der Waals surface area (Å²) < 4.78 is 0. The van der Waals surface area contributed by atoms with Gasteiger partial charge in [0.25, 0.3) is 0 Å². The van der Waals surface area contributed by atoms with E-state index in [4.69, 9.17) is 5.73 Å². The van der Waals surface area contributed by atoms with Gasteiger partial charge in [-0.05, 0) is 62.5 Å². The molecule has 0 aliphatic heterocycles. The van der Waals surface area contributed by atoms with Crippen LogP contribution in [0.5, 0.6) is 0 Å². The number of hydrogen-bond donors (Lipinski definition) is 2. The van der Waals surface area contributed by atoms with Gasteiger partial charge in [0.1, 0.15) is 0 Å². The summed E-state index contributed by atoms with van der Waals surface area (Å²) in [5, 5.41) is 9.33. The molecule has 3 N–H and O–H groups in total. The fourth-order valence-electron chi connectivity index (χ4n) is 3.57. The molecule has 0 fully saturated rings. The number of allylic oxidation sites excluding steroid dienone is 9. The van der Waals surface area contributed by atoms with Gasteiger partial charge in [0.2, 0.25) is 5.91 Å². The first-order chi connectivity index (χ1) is 11.7. The highest BCUT2D eigenvalue weighted by molar-refractivity contribution is 5.86. The van der Waals surface area contributed by atoms with Gasteiger partial charge in [-0.2, -0.15) is 0 Å². The van der Waals surface area contributed by atoms with Gasteiger partial charge in [0.15, 0.2) is 0 Å². The summed E-state index contributed by atoms with van der Waals surface area (Å²) in [5.74, 6) is 0.0914. The highest BCUT2D eigenvalue weighted by atomic mass is 16.3. The van der Waals surface area contributed by atoms with Gasteiger partial charge in [-0.25, -0.2) is 0 Å². The van der Waals surface area contributed by atoms with E-state index in [1.807, 2.05) is 25.2 Å². The van der Waals surface area contributed by atoms with Crippen LogP contribution in [-0.2, 0) is 4.79 Å². The fourth-order valence-corrected chi connectivity index (χ4v) is 3.57. The van der Waals surface area contributed by atoms with Crippen LogP contribution in [-0.4, -0.2) is 17.6 Å². The zero-order chi connectivity index (χ0) is 19.0. The van der Waals surface area contributed by atoms with E-state index in [0.717, 1.165) is 30.4 Å².